The third-order valence-corrected chi connectivity index (χ3v) is 3.36. The van der Waals surface area contributed by atoms with Gasteiger partial charge in [-0.1, -0.05) is 31.2 Å². The summed E-state index contributed by atoms with van der Waals surface area (Å²) in [6, 6.07) is 12.2. The standard InChI is InChI=1S/C15H16N4/c1-2-11-6-3-4-7-12(11)10-19-14-13(18-15(19)16)8-5-9-17-14/h3-9H,2,10H2,1H3,(H2,16,18). The number of pyridine rings is 1. The van der Waals surface area contributed by atoms with Crippen LogP contribution in [0.1, 0.15) is 18.1 Å². The zero-order chi connectivity index (χ0) is 13.2. The second kappa shape index (κ2) is 4.72. The van der Waals surface area contributed by atoms with Gasteiger partial charge in [-0.15, -0.1) is 0 Å². The lowest BCUT2D eigenvalue weighted by Crippen LogP contribution is -2.07. The Morgan fingerprint density at radius 2 is 1.89 bits per heavy atom. The highest BCUT2D eigenvalue weighted by Gasteiger charge is 2.10. The van der Waals surface area contributed by atoms with Gasteiger partial charge in [0.15, 0.2) is 5.65 Å². The van der Waals surface area contributed by atoms with Crippen LogP contribution in [-0.4, -0.2) is 14.5 Å². The molecular weight excluding hydrogens is 236 g/mol. The smallest absolute Gasteiger partial charge is 0.202 e. The van der Waals surface area contributed by atoms with Crippen molar-refractivity contribution in [1.82, 2.24) is 14.5 Å². The number of anilines is 1. The number of nitrogen functional groups attached to an aromatic ring is 1. The molecule has 0 spiro atoms. The van der Waals surface area contributed by atoms with Crippen molar-refractivity contribution >= 4 is 17.1 Å². The van der Waals surface area contributed by atoms with E-state index in [0.717, 1.165) is 17.6 Å². The summed E-state index contributed by atoms with van der Waals surface area (Å²) in [6.07, 6.45) is 2.78. The molecule has 2 aromatic heterocycles. The van der Waals surface area contributed by atoms with Crippen molar-refractivity contribution in [3.05, 3.63) is 53.7 Å². The zero-order valence-corrected chi connectivity index (χ0v) is 10.9. The Kier molecular flexibility index (Phi) is 2.91. The van der Waals surface area contributed by atoms with Crippen molar-refractivity contribution in [3.63, 3.8) is 0 Å². The maximum Gasteiger partial charge on any atom is 0.202 e. The van der Waals surface area contributed by atoms with Gasteiger partial charge < -0.3 is 5.73 Å². The van der Waals surface area contributed by atoms with E-state index >= 15 is 0 Å². The second-order valence-corrected chi connectivity index (χ2v) is 4.52. The van der Waals surface area contributed by atoms with Crippen molar-refractivity contribution in [1.29, 1.82) is 0 Å². The zero-order valence-electron chi connectivity index (χ0n) is 10.9. The van der Waals surface area contributed by atoms with E-state index in [1.54, 1.807) is 6.20 Å². The number of fused-ring (bicyclic) bond motifs is 1. The Bertz CT molecular complexity index is 715. The fourth-order valence-electron chi connectivity index (χ4n) is 2.36. The molecule has 0 saturated carbocycles. The monoisotopic (exact) mass is 252 g/mol. The average Bonchev–Trinajstić information content (AvgIpc) is 2.76. The molecule has 3 rings (SSSR count). The molecule has 2 heterocycles. The van der Waals surface area contributed by atoms with E-state index in [9.17, 15) is 0 Å². The largest absolute Gasteiger partial charge is 0.369 e. The van der Waals surface area contributed by atoms with Crippen molar-refractivity contribution < 1.29 is 0 Å². The van der Waals surface area contributed by atoms with E-state index in [1.807, 2.05) is 16.7 Å². The summed E-state index contributed by atoms with van der Waals surface area (Å²) in [6.45, 7) is 2.87. The predicted octanol–water partition coefficient (Wildman–Crippen LogP) is 2.62. The Balaban J connectivity index is 2.08. The number of hydrogen-bond acceptors (Lipinski definition) is 3. The first-order chi connectivity index (χ1) is 9.29. The van der Waals surface area contributed by atoms with E-state index in [0.29, 0.717) is 12.5 Å². The van der Waals surface area contributed by atoms with Gasteiger partial charge in [-0.25, -0.2) is 9.97 Å². The molecule has 0 amide bonds. The summed E-state index contributed by atoms with van der Waals surface area (Å²) in [5.74, 6) is 0.514. The maximum absolute atomic E-state index is 6.00. The van der Waals surface area contributed by atoms with Crippen molar-refractivity contribution in [2.75, 3.05) is 5.73 Å². The van der Waals surface area contributed by atoms with E-state index in [4.69, 9.17) is 5.73 Å². The van der Waals surface area contributed by atoms with Crippen LogP contribution >= 0.6 is 0 Å². The fraction of sp³-hybridized carbons (Fsp3) is 0.200. The fourth-order valence-corrected chi connectivity index (χ4v) is 2.36. The van der Waals surface area contributed by atoms with E-state index in [-0.39, 0.29) is 0 Å². The van der Waals surface area contributed by atoms with Crippen LogP contribution in [0.15, 0.2) is 42.6 Å². The highest BCUT2D eigenvalue weighted by atomic mass is 15.2. The van der Waals surface area contributed by atoms with Crippen molar-refractivity contribution in [3.8, 4) is 0 Å². The Labute approximate surface area is 111 Å². The first kappa shape index (κ1) is 11.7. The lowest BCUT2D eigenvalue weighted by molar-refractivity contribution is 0.815. The van der Waals surface area contributed by atoms with Crippen LogP contribution in [0.25, 0.3) is 11.2 Å². The topological polar surface area (TPSA) is 56.7 Å². The number of nitrogens with two attached hydrogens (primary N) is 1. The Morgan fingerprint density at radius 3 is 2.68 bits per heavy atom. The molecule has 1 aromatic carbocycles. The molecule has 0 unspecified atom stereocenters. The minimum atomic E-state index is 0.514. The van der Waals surface area contributed by atoms with Gasteiger partial charge in [0, 0.05) is 6.20 Å². The lowest BCUT2D eigenvalue weighted by atomic mass is 10.1. The average molecular weight is 252 g/mol. The minimum Gasteiger partial charge on any atom is -0.369 e. The Morgan fingerprint density at radius 1 is 1.11 bits per heavy atom. The van der Waals surface area contributed by atoms with Gasteiger partial charge in [-0.2, -0.15) is 0 Å². The highest BCUT2D eigenvalue weighted by Crippen LogP contribution is 2.19. The van der Waals surface area contributed by atoms with Crippen LogP contribution in [0.5, 0.6) is 0 Å². The van der Waals surface area contributed by atoms with E-state index in [1.165, 1.54) is 11.1 Å². The van der Waals surface area contributed by atoms with E-state index < -0.39 is 0 Å². The Hall–Kier alpha value is -2.36. The van der Waals surface area contributed by atoms with Gasteiger partial charge in [-0.3, -0.25) is 4.57 Å². The van der Waals surface area contributed by atoms with Crippen LogP contribution in [0, 0.1) is 0 Å². The van der Waals surface area contributed by atoms with Crippen molar-refractivity contribution in [2.24, 2.45) is 0 Å². The van der Waals surface area contributed by atoms with Crippen LogP contribution in [0.2, 0.25) is 0 Å². The van der Waals surface area contributed by atoms with Crippen LogP contribution in [0.4, 0.5) is 5.95 Å². The van der Waals surface area contributed by atoms with Gasteiger partial charge >= 0.3 is 0 Å². The molecule has 0 aliphatic rings. The number of rotatable bonds is 3. The quantitative estimate of drug-likeness (QED) is 0.779. The number of nitrogens with zero attached hydrogens (tertiary/aromatic N) is 3. The molecular formula is C15H16N4. The summed E-state index contributed by atoms with van der Waals surface area (Å²) in [7, 11) is 0. The van der Waals surface area contributed by atoms with Gasteiger partial charge in [0.25, 0.3) is 0 Å². The number of imidazole rings is 1. The number of aromatic nitrogens is 3. The maximum atomic E-state index is 6.00. The molecule has 96 valence electrons. The summed E-state index contributed by atoms with van der Waals surface area (Å²) in [5, 5.41) is 0. The molecule has 3 aromatic rings. The van der Waals surface area contributed by atoms with Crippen molar-refractivity contribution in [2.45, 2.75) is 19.9 Å². The summed E-state index contributed by atoms with van der Waals surface area (Å²) in [4.78, 5) is 8.72. The van der Waals surface area contributed by atoms with Crippen LogP contribution in [0.3, 0.4) is 0 Å². The number of hydrogen-bond donors (Lipinski definition) is 1. The van der Waals surface area contributed by atoms with Gasteiger partial charge in [0.1, 0.15) is 5.52 Å². The van der Waals surface area contributed by atoms with Gasteiger partial charge in [-0.05, 0) is 29.7 Å². The van der Waals surface area contributed by atoms with Crippen LogP contribution in [-0.2, 0) is 13.0 Å². The minimum absolute atomic E-state index is 0.514. The SMILES string of the molecule is CCc1ccccc1Cn1c(N)nc2cccnc21. The predicted molar refractivity (Wildman–Crippen MR) is 76.9 cm³/mol. The van der Waals surface area contributed by atoms with Gasteiger partial charge in [0.2, 0.25) is 5.95 Å². The molecule has 4 nitrogen and oxygen atoms in total. The highest BCUT2D eigenvalue weighted by molar-refractivity contribution is 5.73. The molecule has 19 heavy (non-hydrogen) atoms. The molecule has 2 N–H and O–H groups in total. The molecule has 0 aliphatic carbocycles. The van der Waals surface area contributed by atoms with Crippen LogP contribution < -0.4 is 5.73 Å². The summed E-state index contributed by atoms with van der Waals surface area (Å²) < 4.78 is 1.96. The summed E-state index contributed by atoms with van der Waals surface area (Å²) >= 11 is 0. The third-order valence-electron chi connectivity index (χ3n) is 3.36. The molecule has 0 fully saturated rings. The molecule has 0 saturated heterocycles. The number of aryl methyl sites for hydroxylation is 1. The molecule has 0 bridgehead atoms. The van der Waals surface area contributed by atoms with E-state index in [2.05, 4.69) is 41.2 Å². The lowest BCUT2D eigenvalue weighted by Gasteiger charge is -2.10. The second-order valence-electron chi connectivity index (χ2n) is 4.52. The molecule has 4 heteroatoms. The molecule has 0 aliphatic heterocycles. The summed E-state index contributed by atoms with van der Waals surface area (Å²) in [5.41, 5.74) is 10.3. The third kappa shape index (κ3) is 2.05. The normalized spacial score (nSPS) is 11.0. The first-order valence-corrected chi connectivity index (χ1v) is 6.43. The molecule has 0 radical (unpaired) electrons. The first-order valence-electron chi connectivity index (χ1n) is 6.43. The number of benzene rings is 1. The van der Waals surface area contributed by atoms with Gasteiger partial charge in [0.05, 0.1) is 6.54 Å². The molecule has 0 atom stereocenters.